The first-order valence-corrected chi connectivity index (χ1v) is 8.08. The molecule has 0 unspecified atom stereocenters. The number of carbonyl (C=O) groups is 1. The Hall–Kier alpha value is -1.88. The van der Waals surface area contributed by atoms with Gasteiger partial charge < -0.3 is 15.0 Å². The third kappa shape index (κ3) is 5.06. The Morgan fingerprint density at radius 2 is 2.17 bits per heavy atom. The minimum absolute atomic E-state index is 0.0536. The van der Waals surface area contributed by atoms with Crippen LogP contribution in [0.5, 0.6) is 0 Å². The van der Waals surface area contributed by atoms with Crippen LogP contribution in [0.25, 0.3) is 10.9 Å². The summed E-state index contributed by atoms with van der Waals surface area (Å²) in [4.78, 5) is 15.3. The molecule has 1 aromatic heterocycles. The summed E-state index contributed by atoms with van der Waals surface area (Å²) in [5.74, 6) is 0.178. The first kappa shape index (κ1) is 17.5. The average Bonchev–Trinajstić information content (AvgIpc) is 2.78. The van der Waals surface area contributed by atoms with Crippen LogP contribution in [0.3, 0.4) is 0 Å². The molecule has 0 radical (unpaired) electrons. The van der Waals surface area contributed by atoms with E-state index in [0.29, 0.717) is 19.1 Å². The lowest BCUT2D eigenvalue weighted by atomic mass is 10.1. The van der Waals surface area contributed by atoms with E-state index in [1.54, 1.807) is 6.07 Å². The summed E-state index contributed by atoms with van der Waals surface area (Å²) >= 11 is 0. The Bertz CT molecular complexity index is 664. The molecule has 0 bridgehead atoms. The maximum Gasteiger partial charge on any atom is 0.224 e. The molecule has 0 atom stereocenters. The molecule has 2 N–H and O–H groups in total. The van der Waals surface area contributed by atoms with Crippen molar-refractivity contribution < 1.29 is 13.9 Å². The molecule has 1 aromatic carbocycles. The fourth-order valence-corrected chi connectivity index (χ4v) is 2.53. The molecule has 5 heteroatoms. The highest BCUT2D eigenvalue weighted by Gasteiger charge is 2.12. The summed E-state index contributed by atoms with van der Waals surface area (Å²) in [5.41, 5.74) is 2.61. The van der Waals surface area contributed by atoms with Gasteiger partial charge in [0.15, 0.2) is 0 Å². The Labute approximate surface area is 136 Å². The number of carbonyl (C=O) groups excluding carboxylic acids is 1. The Kier molecular flexibility index (Phi) is 6.16. The highest BCUT2D eigenvalue weighted by Crippen LogP contribution is 2.23. The zero-order valence-electron chi connectivity index (χ0n) is 14.0. The van der Waals surface area contributed by atoms with Gasteiger partial charge in [-0.3, -0.25) is 4.79 Å². The third-order valence-corrected chi connectivity index (χ3v) is 3.66. The molecule has 0 fully saturated rings. The van der Waals surface area contributed by atoms with Crippen LogP contribution in [0.15, 0.2) is 18.2 Å². The van der Waals surface area contributed by atoms with Gasteiger partial charge in [0.25, 0.3) is 0 Å². The molecule has 2 rings (SSSR count). The molecule has 0 aliphatic heterocycles. The lowest BCUT2D eigenvalue weighted by molar-refractivity contribution is -0.120. The molecule has 126 valence electrons. The zero-order chi connectivity index (χ0) is 16.8. The monoisotopic (exact) mass is 320 g/mol. The van der Waals surface area contributed by atoms with Crippen molar-refractivity contribution >= 4 is 16.8 Å². The molecule has 0 saturated carbocycles. The predicted molar refractivity (Wildman–Crippen MR) is 90.0 cm³/mol. The molecule has 23 heavy (non-hydrogen) atoms. The van der Waals surface area contributed by atoms with E-state index >= 15 is 0 Å². The number of benzene rings is 1. The quantitative estimate of drug-likeness (QED) is 0.733. The van der Waals surface area contributed by atoms with Gasteiger partial charge in [-0.25, -0.2) is 4.39 Å². The highest BCUT2D eigenvalue weighted by atomic mass is 19.1. The van der Waals surface area contributed by atoms with E-state index in [0.717, 1.165) is 35.2 Å². The molecule has 2 aromatic rings. The third-order valence-electron chi connectivity index (χ3n) is 3.66. The average molecular weight is 320 g/mol. The van der Waals surface area contributed by atoms with Crippen molar-refractivity contribution in [1.82, 2.24) is 10.3 Å². The van der Waals surface area contributed by atoms with Gasteiger partial charge >= 0.3 is 0 Å². The van der Waals surface area contributed by atoms with Gasteiger partial charge in [-0.1, -0.05) is 13.8 Å². The number of amides is 1. The van der Waals surface area contributed by atoms with E-state index in [1.807, 2.05) is 6.92 Å². The molecule has 4 nitrogen and oxygen atoms in total. The molecular weight excluding hydrogens is 295 g/mol. The first-order chi connectivity index (χ1) is 11.0. The van der Waals surface area contributed by atoms with Crippen molar-refractivity contribution in [2.24, 2.45) is 5.92 Å². The van der Waals surface area contributed by atoms with Crippen LogP contribution < -0.4 is 5.32 Å². The lowest BCUT2D eigenvalue weighted by Gasteiger charge is -2.08. The number of aromatic nitrogens is 1. The van der Waals surface area contributed by atoms with Gasteiger partial charge in [-0.05, 0) is 43.0 Å². The van der Waals surface area contributed by atoms with E-state index in [4.69, 9.17) is 4.74 Å². The smallest absolute Gasteiger partial charge is 0.224 e. The molecule has 0 aliphatic carbocycles. The van der Waals surface area contributed by atoms with Crippen molar-refractivity contribution in [3.8, 4) is 0 Å². The maximum absolute atomic E-state index is 13.4. The minimum Gasteiger partial charge on any atom is -0.381 e. The normalized spacial score (nSPS) is 11.3. The number of fused-ring (bicyclic) bond motifs is 1. The van der Waals surface area contributed by atoms with Crippen LogP contribution in [0.1, 0.15) is 31.5 Å². The summed E-state index contributed by atoms with van der Waals surface area (Å²) in [5, 5.41) is 3.66. The molecule has 0 spiro atoms. The number of aromatic amines is 1. The number of nitrogens with one attached hydrogen (secondary N) is 2. The SMILES string of the molecule is Cc1[nH]c2ccc(F)cc2c1CC(=O)NCCCOCC(C)C. The summed E-state index contributed by atoms with van der Waals surface area (Å²) in [7, 11) is 0. The van der Waals surface area contributed by atoms with Gasteiger partial charge in [-0.15, -0.1) is 0 Å². The molecule has 1 amide bonds. The lowest BCUT2D eigenvalue weighted by Crippen LogP contribution is -2.27. The topological polar surface area (TPSA) is 54.1 Å². The van der Waals surface area contributed by atoms with E-state index in [-0.39, 0.29) is 18.1 Å². The van der Waals surface area contributed by atoms with E-state index in [1.165, 1.54) is 12.1 Å². The first-order valence-electron chi connectivity index (χ1n) is 8.08. The van der Waals surface area contributed by atoms with Crippen LogP contribution in [-0.2, 0) is 16.0 Å². The molecule has 0 aliphatic rings. The number of halogens is 1. The molecule has 0 saturated heterocycles. The predicted octanol–water partition coefficient (Wildman–Crippen LogP) is 3.34. The van der Waals surface area contributed by atoms with E-state index in [2.05, 4.69) is 24.1 Å². The van der Waals surface area contributed by atoms with Crippen molar-refractivity contribution in [3.05, 3.63) is 35.3 Å². The molecule has 1 heterocycles. The number of H-pyrrole nitrogens is 1. The van der Waals surface area contributed by atoms with E-state index in [9.17, 15) is 9.18 Å². The van der Waals surface area contributed by atoms with Crippen LogP contribution in [0, 0.1) is 18.7 Å². The Morgan fingerprint density at radius 1 is 1.39 bits per heavy atom. The van der Waals surface area contributed by atoms with Gasteiger partial charge in [0.1, 0.15) is 5.82 Å². The van der Waals surface area contributed by atoms with Gasteiger partial charge in [0.2, 0.25) is 5.91 Å². The van der Waals surface area contributed by atoms with Crippen LogP contribution >= 0.6 is 0 Å². The van der Waals surface area contributed by atoms with Crippen molar-refractivity contribution in [3.63, 3.8) is 0 Å². The second-order valence-electron chi connectivity index (χ2n) is 6.27. The van der Waals surface area contributed by atoms with Crippen LogP contribution in [-0.4, -0.2) is 30.6 Å². The number of hydrogen-bond acceptors (Lipinski definition) is 2. The minimum atomic E-state index is -0.291. The Morgan fingerprint density at radius 3 is 2.91 bits per heavy atom. The summed E-state index contributed by atoms with van der Waals surface area (Å²) < 4.78 is 18.9. The summed E-state index contributed by atoms with van der Waals surface area (Å²) in [6.45, 7) is 8.10. The summed E-state index contributed by atoms with van der Waals surface area (Å²) in [6.07, 6.45) is 1.04. The maximum atomic E-state index is 13.4. The Balaban J connectivity index is 1.84. The van der Waals surface area contributed by atoms with Crippen LogP contribution in [0.4, 0.5) is 4.39 Å². The van der Waals surface area contributed by atoms with Gasteiger partial charge in [-0.2, -0.15) is 0 Å². The van der Waals surface area contributed by atoms with Crippen molar-refractivity contribution in [1.29, 1.82) is 0 Å². The van der Waals surface area contributed by atoms with Gasteiger partial charge in [0.05, 0.1) is 6.42 Å². The standard InChI is InChI=1S/C18H25FN2O2/c1-12(2)11-23-8-4-7-20-18(22)10-15-13(3)21-17-6-5-14(19)9-16(15)17/h5-6,9,12,21H,4,7-8,10-11H2,1-3H3,(H,20,22). The van der Waals surface area contributed by atoms with Crippen LogP contribution in [0.2, 0.25) is 0 Å². The number of ether oxygens (including phenoxy) is 1. The number of hydrogen-bond donors (Lipinski definition) is 2. The van der Waals surface area contributed by atoms with Crippen molar-refractivity contribution in [2.75, 3.05) is 19.8 Å². The number of aryl methyl sites for hydroxylation is 1. The van der Waals surface area contributed by atoms with Gasteiger partial charge in [0, 0.05) is 36.4 Å². The highest BCUT2D eigenvalue weighted by molar-refractivity contribution is 5.90. The number of rotatable bonds is 8. The second-order valence-corrected chi connectivity index (χ2v) is 6.27. The van der Waals surface area contributed by atoms with E-state index < -0.39 is 0 Å². The summed E-state index contributed by atoms with van der Waals surface area (Å²) in [6, 6.07) is 4.59. The fraction of sp³-hybridized carbons (Fsp3) is 0.500. The van der Waals surface area contributed by atoms with Crippen molar-refractivity contribution in [2.45, 2.75) is 33.6 Å². The fourth-order valence-electron chi connectivity index (χ4n) is 2.53. The zero-order valence-corrected chi connectivity index (χ0v) is 14.0. The second kappa shape index (κ2) is 8.11. The molecular formula is C18H25FN2O2. The largest absolute Gasteiger partial charge is 0.381 e.